The van der Waals surface area contributed by atoms with E-state index in [-0.39, 0.29) is 30.0 Å². The predicted octanol–water partition coefficient (Wildman–Crippen LogP) is 6.83. The van der Waals surface area contributed by atoms with E-state index in [0.717, 1.165) is 52.4 Å². The maximum atomic E-state index is 12.8. The molecule has 5 aromatic rings. The summed E-state index contributed by atoms with van der Waals surface area (Å²) in [6, 6.07) is 25.4. The van der Waals surface area contributed by atoms with Crippen LogP contribution < -0.4 is 15.5 Å². The highest BCUT2D eigenvalue weighted by atomic mass is 16.6. The first kappa shape index (κ1) is 34.1. The molecule has 1 aliphatic rings. The normalized spacial score (nSPS) is 13.9. The highest BCUT2D eigenvalue weighted by Gasteiger charge is 2.25. The number of nitrogens with one attached hydrogen (secondary N) is 2. The minimum Gasteiger partial charge on any atom is -0.445 e. The van der Waals surface area contributed by atoms with Crippen LogP contribution in [0.15, 0.2) is 89.6 Å². The average Bonchev–Trinajstić information content (AvgIpc) is 3.64. The fraction of sp³-hybridized carbons (Fsp3) is 0.316. The molecule has 258 valence electrons. The third-order valence-corrected chi connectivity index (χ3v) is 8.56. The summed E-state index contributed by atoms with van der Waals surface area (Å²) >= 11 is 0. The zero-order valence-corrected chi connectivity index (χ0v) is 29.0. The third-order valence-electron chi connectivity index (χ3n) is 8.56. The molecule has 3 heterocycles. The number of aromatic nitrogens is 4. The molecule has 0 aliphatic carbocycles. The van der Waals surface area contributed by atoms with Gasteiger partial charge in [0, 0.05) is 54.7 Å². The second kappa shape index (κ2) is 14.8. The Morgan fingerprint density at radius 1 is 0.940 bits per heavy atom. The Morgan fingerprint density at radius 3 is 2.36 bits per heavy atom. The van der Waals surface area contributed by atoms with E-state index in [1.165, 1.54) is 0 Å². The molecule has 1 saturated heterocycles. The molecule has 1 aliphatic heterocycles. The number of anilines is 3. The molecule has 12 nitrogen and oxygen atoms in total. The summed E-state index contributed by atoms with van der Waals surface area (Å²) in [5.41, 5.74) is 6.27. The van der Waals surface area contributed by atoms with Crippen LogP contribution in [0.3, 0.4) is 0 Å². The van der Waals surface area contributed by atoms with Crippen molar-refractivity contribution in [2.24, 2.45) is 0 Å². The topological polar surface area (TPSA) is 139 Å². The van der Waals surface area contributed by atoms with Crippen molar-refractivity contribution >= 4 is 29.3 Å². The van der Waals surface area contributed by atoms with Gasteiger partial charge in [-0.2, -0.15) is 4.98 Å². The molecule has 3 aromatic carbocycles. The van der Waals surface area contributed by atoms with Gasteiger partial charge < -0.3 is 29.7 Å². The van der Waals surface area contributed by atoms with Crippen molar-refractivity contribution in [3.63, 3.8) is 0 Å². The first-order chi connectivity index (χ1) is 24.0. The molecule has 0 saturated carbocycles. The number of rotatable bonds is 9. The largest absolute Gasteiger partial charge is 0.445 e. The lowest BCUT2D eigenvalue weighted by molar-refractivity contribution is 0.0894. The number of nitrogens with zero attached hydrogens (tertiary/aromatic N) is 6. The second-order valence-corrected chi connectivity index (χ2v) is 13.4. The zero-order valence-electron chi connectivity index (χ0n) is 29.0. The van der Waals surface area contributed by atoms with E-state index in [9.17, 15) is 9.59 Å². The van der Waals surface area contributed by atoms with E-state index in [2.05, 4.69) is 42.8 Å². The summed E-state index contributed by atoms with van der Waals surface area (Å²) in [7, 11) is 0. The van der Waals surface area contributed by atoms with Crippen LogP contribution in [0.2, 0.25) is 0 Å². The molecule has 0 spiro atoms. The third kappa shape index (κ3) is 8.25. The minimum atomic E-state index is -0.414. The lowest BCUT2D eigenvalue weighted by Gasteiger charge is -2.35. The van der Waals surface area contributed by atoms with Gasteiger partial charge in [-0.3, -0.25) is 4.79 Å². The summed E-state index contributed by atoms with van der Waals surface area (Å²) in [4.78, 5) is 42.8. The number of piperazine rings is 1. The highest BCUT2D eigenvalue weighted by molar-refractivity contribution is 5.89. The molecular formula is C38H42N8O4. The fourth-order valence-electron chi connectivity index (χ4n) is 5.70. The van der Waals surface area contributed by atoms with E-state index < -0.39 is 5.91 Å². The molecule has 0 bridgehead atoms. The Hall–Kier alpha value is -5.78. The van der Waals surface area contributed by atoms with E-state index in [0.29, 0.717) is 24.9 Å². The number of hydrogen-bond acceptors (Lipinski definition) is 10. The second-order valence-electron chi connectivity index (χ2n) is 13.4. The Kier molecular flexibility index (Phi) is 10.1. The molecule has 0 radical (unpaired) electrons. The van der Waals surface area contributed by atoms with Crippen molar-refractivity contribution in [3.8, 4) is 11.3 Å². The fourth-order valence-corrected chi connectivity index (χ4v) is 5.70. The van der Waals surface area contributed by atoms with Crippen LogP contribution in [0, 0.1) is 6.92 Å². The van der Waals surface area contributed by atoms with Gasteiger partial charge in [0.25, 0.3) is 0 Å². The maximum Gasteiger partial charge on any atom is 0.410 e. The van der Waals surface area contributed by atoms with Crippen molar-refractivity contribution in [2.45, 2.75) is 52.7 Å². The SMILES string of the molecule is Cc1cc(-c2ccnc(Nc3ccc(N4CCN(C(=O)OCc5ccccc5)CC4)cc3)n2)ccc1[C@@H](C)NC(=O)c1nc(C(C)(C)C)no1. The monoisotopic (exact) mass is 674 g/mol. The summed E-state index contributed by atoms with van der Waals surface area (Å²) in [6.07, 6.45) is 1.45. The van der Waals surface area contributed by atoms with Crippen LogP contribution >= 0.6 is 0 Å². The predicted molar refractivity (Wildman–Crippen MR) is 191 cm³/mol. The van der Waals surface area contributed by atoms with Gasteiger partial charge in [-0.1, -0.05) is 68.4 Å². The van der Waals surface area contributed by atoms with Crippen molar-refractivity contribution in [1.29, 1.82) is 0 Å². The molecule has 50 heavy (non-hydrogen) atoms. The van der Waals surface area contributed by atoms with Gasteiger partial charge in [0.2, 0.25) is 5.95 Å². The van der Waals surface area contributed by atoms with Crippen molar-refractivity contribution in [2.75, 3.05) is 36.4 Å². The standard InChI is InChI=1S/C38H42N8O4/c1-25-23-28(11-16-31(25)26(2)40-33(47)34-43-35(44-50-34)38(3,4)5)32-17-18-39-36(42-32)41-29-12-14-30(15-13-29)45-19-21-46(22-20-45)37(48)49-24-27-9-7-6-8-10-27/h6-18,23,26H,19-22,24H2,1-5H3,(H,40,47)(H,39,41,42)/t26-/m1/s1. The molecule has 12 heteroatoms. The number of carbonyl (C=O) groups is 2. The van der Waals surface area contributed by atoms with Crippen LogP contribution in [0.1, 0.15) is 66.9 Å². The first-order valence-electron chi connectivity index (χ1n) is 16.7. The van der Waals surface area contributed by atoms with E-state index >= 15 is 0 Å². The lowest BCUT2D eigenvalue weighted by atomic mass is 9.96. The molecular weight excluding hydrogens is 632 g/mol. The van der Waals surface area contributed by atoms with Gasteiger partial charge in [0.05, 0.1) is 11.7 Å². The number of hydrogen-bond donors (Lipinski definition) is 2. The molecule has 2 amide bonds. The Balaban J connectivity index is 1.02. The van der Waals surface area contributed by atoms with Gasteiger partial charge >= 0.3 is 17.9 Å². The van der Waals surface area contributed by atoms with Crippen LogP contribution in [0.5, 0.6) is 0 Å². The molecule has 6 rings (SSSR count). The summed E-state index contributed by atoms with van der Waals surface area (Å²) in [5, 5.41) is 10.2. The van der Waals surface area contributed by atoms with Gasteiger partial charge in [-0.15, -0.1) is 0 Å². The minimum absolute atomic E-state index is 0.0523. The maximum absolute atomic E-state index is 12.8. The van der Waals surface area contributed by atoms with Crippen molar-refractivity contribution in [3.05, 3.63) is 113 Å². The molecule has 2 aromatic heterocycles. The quantitative estimate of drug-likeness (QED) is 0.171. The van der Waals surface area contributed by atoms with Crippen LogP contribution in [-0.2, 0) is 16.8 Å². The summed E-state index contributed by atoms with van der Waals surface area (Å²) in [5.74, 6) is 0.498. The number of benzene rings is 3. The average molecular weight is 675 g/mol. The van der Waals surface area contributed by atoms with Crippen LogP contribution in [-0.4, -0.2) is 63.2 Å². The number of aryl methyl sites for hydroxylation is 1. The Morgan fingerprint density at radius 2 is 1.68 bits per heavy atom. The van der Waals surface area contributed by atoms with E-state index in [4.69, 9.17) is 14.2 Å². The zero-order chi connectivity index (χ0) is 35.3. The number of carbonyl (C=O) groups excluding carboxylic acids is 2. The Bertz CT molecular complexity index is 1930. The van der Waals surface area contributed by atoms with Crippen LogP contribution in [0.4, 0.5) is 22.1 Å². The highest BCUT2D eigenvalue weighted by Crippen LogP contribution is 2.27. The Labute approximate surface area is 291 Å². The number of ether oxygens (including phenoxy) is 1. The molecule has 0 unspecified atom stereocenters. The first-order valence-corrected chi connectivity index (χ1v) is 16.7. The number of amides is 2. The van der Waals surface area contributed by atoms with E-state index in [1.807, 2.05) is 101 Å². The molecule has 1 fully saturated rings. The van der Waals surface area contributed by atoms with Crippen molar-refractivity contribution < 1.29 is 18.8 Å². The smallest absolute Gasteiger partial charge is 0.410 e. The van der Waals surface area contributed by atoms with Crippen molar-refractivity contribution in [1.82, 2.24) is 30.3 Å². The summed E-state index contributed by atoms with van der Waals surface area (Å²) < 4.78 is 10.7. The molecule has 1 atom stereocenters. The van der Waals surface area contributed by atoms with Crippen LogP contribution in [0.25, 0.3) is 11.3 Å². The molecule has 2 N–H and O–H groups in total. The summed E-state index contributed by atoms with van der Waals surface area (Å²) in [6.45, 7) is 12.7. The van der Waals surface area contributed by atoms with Gasteiger partial charge in [-0.05, 0) is 66.9 Å². The van der Waals surface area contributed by atoms with Gasteiger partial charge in [0.15, 0.2) is 5.82 Å². The lowest BCUT2D eigenvalue weighted by Crippen LogP contribution is -2.48. The van der Waals surface area contributed by atoms with E-state index in [1.54, 1.807) is 11.1 Å². The van der Waals surface area contributed by atoms with Gasteiger partial charge in [0.1, 0.15) is 6.61 Å². The van der Waals surface area contributed by atoms with Gasteiger partial charge in [-0.25, -0.2) is 14.8 Å².